The van der Waals surface area contributed by atoms with Crippen molar-refractivity contribution in [2.24, 2.45) is 0 Å². The van der Waals surface area contributed by atoms with E-state index >= 15 is 0 Å². The van der Waals surface area contributed by atoms with E-state index in [1.54, 1.807) is 20.8 Å². The topological polar surface area (TPSA) is 61.2 Å². The zero-order valence-corrected chi connectivity index (χ0v) is 15.6. The summed E-state index contributed by atoms with van der Waals surface area (Å²) in [4.78, 5) is 24.5. The molecule has 5 nitrogen and oxygen atoms in total. The summed E-state index contributed by atoms with van der Waals surface area (Å²) in [5.74, 6) is -0.808. The zero-order valence-electron chi connectivity index (χ0n) is 13.3. The number of nitrogens with zero attached hydrogens (tertiary/aromatic N) is 2. The summed E-state index contributed by atoms with van der Waals surface area (Å²) in [6, 6.07) is 2.98. The summed E-state index contributed by atoms with van der Waals surface area (Å²) in [5.41, 5.74) is 1.00. The van der Waals surface area contributed by atoms with E-state index in [-0.39, 0.29) is 45.9 Å². The SMILES string of the molecule is CCOC(=O)c1nn(-c2c(Cl)cc(Cl)cc2Cl)c(C(=O)CC)c1C. The predicted molar refractivity (Wildman–Crippen MR) is 93.9 cm³/mol. The molecule has 24 heavy (non-hydrogen) atoms. The molecule has 0 N–H and O–H groups in total. The van der Waals surface area contributed by atoms with E-state index in [2.05, 4.69) is 5.10 Å². The van der Waals surface area contributed by atoms with Gasteiger partial charge in [0.1, 0.15) is 11.4 Å². The Morgan fingerprint density at radius 1 is 1.17 bits per heavy atom. The second-order valence-electron chi connectivity index (χ2n) is 4.95. The van der Waals surface area contributed by atoms with Crippen LogP contribution in [0.1, 0.15) is 46.8 Å². The van der Waals surface area contributed by atoms with Gasteiger partial charge in [-0.05, 0) is 26.0 Å². The first-order chi connectivity index (χ1) is 11.3. The van der Waals surface area contributed by atoms with Crippen molar-refractivity contribution in [3.05, 3.63) is 44.2 Å². The number of hydrogen-bond donors (Lipinski definition) is 0. The van der Waals surface area contributed by atoms with Crippen LogP contribution in [0.25, 0.3) is 5.69 Å². The van der Waals surface area contributed by atoms with Gasteiger partial charge in [0, 0.05) is 17.0 Å². The monoisotopic (exact) mass is 388 g/mol. The van der Waals surface area contributed by atoms with Crippen molar-refractivity contribution in [1.29, 1.82) is 0 Å². The van der Waals surface area contributed by atoms with Gasteiger partial charge in [0.05, 0.1) is 16.7 Å². The van der Waals surface area contributed by atoms with Crippen molar-refractivity contribution in [2.45, 2.75) is 27.2 Å². The van der Waals surface area contributed by atoms with Crippen molar-refractivity contribution in [1.82, 2.24) is 9.78 Å². The molecule has 1 heterocycles. The summed E-state index contributed by atoms with van der Waals surface area (Å²) in [5, 5.41) is 5.02. The Balaban J connectivity index is 2.76. The molecule has 0 spiro atoms. The van der Waals surface area contributed by atoms with Crippen molar-refractivity contribution >= 4 is 46.6 Å². The average molecular weight is 390 g/mol. The van der Waals surface area contributed by atoms with E-state index in [4.69, 9.17) is 39.5 Å². The number of aromatic nitrogens is 2. The largest absolute Gasteiger partial charge is 0.461 e. The maximum Gasteiger partial charge on any atom is 0.359 e. The lowest BCUT2D eigenvalue weighted by Gasteiger charge is -2.11. The third-order valence-electron chi connectivity index (χ3n) is 3.37. The molecule has 2 aromatic rings. The number of Topliss-reactive ketones (excluding diaryl/α,β-unsaturated/α-hetero) is 1. The van der Waals surface area contributed by atoms with E-state index in [1.807, 2.05) is 0 Å². The molecule has 2 rings (SSSR count). The minimum absolute atomic E-state index is 0.0516. The molecular formula is C16H15Cl3N2O3. The summed E-state index contributed by atoms with van der Waals surface area (Å²) >= 11 is 18.4. The highest BCUT2D eigenvalue weighted by molar-refractivity contribution is 6.40. The highest BCUT2D eigenvalue weighted by atomic mass is 35.5. The number of rotatable bonds is 5. The van der Waals surface area contributed by atoms with E-state index in [9.17, 15) is 9.59 Å². The standard InChI is InChI=1S/C16H15Cl3N2O3/c1-4-12(22)14-8(3)13(16(23)24-5-2)20-21(14)15-10(18)6-9(17)7-11(15)19/h6-7H,4-5H2,1-3H3. The molecule has 0 aliphatic heterocycles. The van der Waals surface area contributed by atoms with Gasteiger partial charge in [-0.25, -0.2) is 9.48 Å². The lowest BCUT2D eigenvalue weighted by Crippen LogP contribution is -2.10. The molecule has 0 fully saturated rings. The lowest BCUT2D eigenvalue weighted by atomic mass is 10.1. The first-order valence-corrected chi connectivity index (χ1v) is 8.40. The third kappa shape index (κ3) is 3.43. The highest BCUT2D eigenvalue weighted by Crippen LogP contribution is 2.34. The highest BCUT2D eigenvalue weighted by Gasteiger charge is 2.27. The zero-order chi connectivity index (χ0) is 18.0. The van der Waals surface area contributed by atoms with Gasteiger partial charge >= 0.3 is 5.97 Å². The normalized spacial score (nSPS) is 10.8. The minimum Gasteiger partial charge on any atom is -0.461 e. The molecule has 0 unspecified atom stereocenters. The first kappa shape index (κ1) is 18.8. The molecule has 0 aliphatic carbocycles. The van der Waals surface area contributed by atoms with Crippen LogP contribution in [-0.4, -0.2) is 28.1 Å². The van der Waals surface area contributed by atoms with Crippen LogP contribution in [0.2, 0.25) is 15.1 Å². The number of ketones is 1. The van der Waals surface area contributed by atoms with E-state index in [0.717, 1.165) is 0 Å². The number of carbonyl (C=O) groups is 2. The average Bonchev–Trinajstić information content (AvgIpc) is 2.83. The Hall–Kier alpha value is -1.56. The van der Waals surface area contributed by atoms with E-state index in [1.165, 1.54) is 16.8 Å². The molecule has 0 radical (unpaired) electrons. The predicted octanol–water partition coefficient (Wildman–Crippen LogP) is 4.91. The van der Waals surface area contributed by atoms with Crippen LogP contribution in [0.3, 0.4) is 0 Å². The van der Waals surface area contributed by atoms with Gasteiger partial charge in [-0.1, -0.05) is 41.7 Å². The van der Waals surface area contributed by atoms with Crippen LogP contribution in [0.5, 0.6) is 0 Å². The van der Waals surface area contributed by atoms with Gasteiger partial charge in [0.15, 0.2) is 11.5 Å². The Bertz CT molecular complexity index is 792. The van der Waals surface area contributed by atoms with Crippen molar-refractivity contribution in [3.63, 3.8) is 0 Å². The van der Waals surface area contributed by atoms with Crippen molar-refractivity contribution in [3.8, 4) is 5.69 Å². The smallest absolute Gasteiger partial charge is 0.359 e. The summed E-state index contributed by atoms with van der Waals surface area (Å²) in [6.45, 7) is 5.24. The van der Waals surface area contributed by atoms with Crippen LogP contribution >= 0.6 is 34.8 Å². The van der Waals surface area contributed by atoms with Gasteiger partial charge in [-0.15, -0.1) is 0 Å². The van der Waals surface area contributed by atoms with Gasteiger partial charge < -0.3 is 4.74 Å². The molecule has 128 valence electrons. The number of carbonyl (C=O) groups excluding carboxylic acids is 2. The number of hydrogen-bond acceptors (Lipinski definition) is 4. The van der Waals surface area contributed by atoms with Gasteiger partial charge in [-0.2, -0.15) is 5.10 Å². The quantitative estimate of drug-likeness (QED) is 0.538. The Morgan fingerprint density at radius 2 is 1.75 bits per heavy atom. The Kier molecular flexibility index (Phi) is 5.91. The molecule has 8 heteroatoms. The fraction of sp³-hybridized carbons (Fsp3) is 0.312. The summed E-state index contributed by atoms with van der Waals surface area (Å²) < 4.78 is 6.28. The maximum absolute atomic E-state index is 12.4. The fourth-order valence-electron chi connectivity index (χ4n) is 2.28. The molecule has 0 saturated carbocycles. The van der Waals surface area contributed by atoms with Crippen molar-refractivity contribution in [2.75, 3.05) is 6.61 Å². The molecule has 0 amide bonds. The van der Waals surface area contributed by atoms with Crippen molar-refractivity contribution < 1.29 is 14.3 Å². The third-order valence-corrected chi connectivity index (χ3v) is 4.16. The number of halogens is 3. The molecular weight excluding hydrogens is 375 g/mol. The van der Waals surface area contributed by atoms with E-state index in [0.29, 0.717) is 10.6 Å². The summed E-state index contributed by atoms with van der Waals surface area (Å²) in [7, 11) is 0. The Morgan fingerprint density at radius 3 is 2.25 bits per heavy atom. The molecule has 0 atom stereocenters. The second-order valence-corrected chi connectivity index (χ2v) is 6.20. The Labute approximate surface area is 154 Å². The number of esters is 1. The van der Waals surface area contributed by atoms with Gasteiger partial charge in [0.2, 0.25) is 0 Å². The second kappa shape index (κ2) is 7.55. The maximum atomic E-state index is 12.4. The first-order valence-electron chi connectivity index (χ1n) is 7.26. The van der Waals surface area contributed by atoms with Crippen LogP contribution < -0.4 is 0 Å². The van der Waals surface area contributed by atoms with Gasteiger partial charge in [-0.3, -0.25) is 4.79 Å². The van der Waals surface area contributed by atoms with Gasteiger partial charge in [0.25, 0.3) is 0 Å². The molecule has 1 aromatic heterocycles. The lowest BCUT2D eigenvalue weighted by molar-refractivity contribution is 0.0518. The number of benzene rings is 1. The summed E-state index contributed by atoms with van der Waals surface area (Å²) in [6.07, 6.45) is 0.234. The van der Waals surface area contributed by atoms with Crippen LogP contribution in [0, 0.1) is 6.92 Å². The molecule has 0 aliphatic rings. The number of ether oxygens (including phenoxy) is 1. The molecule has 1 aromatic carbocycles. The van der Waals surface area contributed by atoms with Crippen LogP contribution in [0.4, 0.5) is 0 Å². The van der Waals surface area contributed by atoms with Crippen LogP contribution in [-0.2, 0) is 4.74 Å². The van der Waals surface area contributed by atoms with E-state index < -0.39 is 5.97 Å². The van der Waals surface area contributed by atoms with Crippen LogP contribution in [0.15, 0.2) is 12.1 Å². The minimum atomic E-state index is -0.611. The molecule has 0 saturated heterocycles. The molecule has 0 bridgehead atoms. The fourth-order valence-corrected chi connectivity index (χ4v) is 3.26.